The average Bonchev–Trinajstić information content (AvgIpc) is 3.46. The molecule has 0 bridgehead atoms. The van der Waals surface area contributed by atoms with Gasteiger partial charge in [0.2, 0.25) is 5.91 Å². The first-order valence-electron chi connectivity index (χ1n) is 10.4. The minimum atomic E-state index is -2.64. The zero-order valence-corrected chi connectivity index (χ0v) is 18.2. The van der Waals surface area contributed by atoms with E-state index < -0.39 is 36.1 Å². The molecule has 34 heavy (non-hydrogen) atoms. The molecule has 0 spiro atoms. The first-order valence-corrected chi connectivity index (χ1v) is 10.4. The molecule has 1 saturated heterocycles. The van der Waals surface area contributed by atoms with E-state index >= 15 is 0 Å². The van der Waals surface area contributed by atoms with Crippen molar-refractivity contribution in [1.29, 1.82) is 0 Å². The number of nitrogens with one attached hydrogen (secondary N) is 1. The number of halogens is 6. The normalized spacial score (nSPS) is 18.4. The molecular formula is C22H24F6N4O2. The fourth-order valence-electron chi connectivity index (χ4n) is 4.05. The third-order valence-electron chi connectivity index (χ3n) is 5.62. The van der Waals surface area contributed by atoms with E-state index in [0.29, 0.717) is 30.2 Å². The van der Waals surface area contributed by atoms with Crippen LogP contribution in [0.3, 0.4) is 0 Å². The van der Waals surface area contributed by atoms with Crippen LogP contribution >= 0.6 is 0 Å². The van der Waals surface area contributed by atoms with Crippen molar-refractivity contribution in [1.82, 2.24) is 15.1 Å². The Labute approximate surface area is 192 Å². The fourth-order valence-corrected chi connectivity index (χ4v) is 4.05. The Hall–Kier alpha value is -3.15. The third kappa shape index (κ3) is 5.32. The van der Waals surface area contributed by atoms with Gasteiger partial charge in [-0.25, -0.2) is 22.0 Å². The number of nitrogens with two attached hydrogens (primary N) is 1. The lowest BCUT2D eigenvalue weighted by Crippen LogP contribution is -2.52. The smallest absolute Gasteiger partial charge is 0.276 e. The van der Waals surface area contributed by atoms with E-state index in [-0.39, 0.29) is 43.9 Å². The second-order valence-corrected chi connectivity index (χ2v) is 7.79. The lowest BCUT2D eigenvalue weighted by Gasteiger charge is -2.38. The summed E-state index contributed by atoms with van der Waals surface area (Å²) in [5.41, 5.74) is 7.44. The first kappa shape index (κ1) is 25.5. The Morgan fingerprint density at radius 3 is 2.53 bits per heavy atom. The summed E-state index contributed by atoms with van der Waals surface area (Å²) in [7, 11) is 0.500. The number of hydrogen-bond donors (Lipinski definition) is 2. The van der Waals surface area contributed by atoms with Crippen LogP contribution in [-0.4, -0.2) is 61.2 Å². The van der Waals surface area contributed by atoms with Gasteiger partial charge in [0, 0.05) is 37.2 Å². The highest BCUT2D eigenvalue weighted by Crippen LogP contribution is 2.33. The monoisotopic (exact) mass is 490 g/mol. The van der Waals surface area contributed by atoms with Gasteiger partial charge >= 0.3 is 0 Å². The fraction of sp³-hybridized carbons (Fsp3) is 0.409. The molecule has 1 amide bonds. The van der Waals surface area contributed by atoms with Crippen molar-refractivity contribution in [3.63, 3.8) is 0 Å². The van der Waals surface area contributed by atoms with Gasteiger partial charge in [-0.3, -0.25) is 9.18 Å². The molecule has 3 N–H and O–H groups in total. The highest BCUT2D eigenvalue weighted by molar-refractivity contribution is 5.78. The number of amides is 1. The molecule has 12 heteroatoms. The Morgan fingerprint density at radius 2 is 1.88 bits per heavy atom. The van der Waals surface area contributed by atoms with Crippen LogP contribution in [0, 0.1) is 17.5 Å². The maximum absolute atomic E-state index is 13.9. The molecular weight excluding hydrogens is 466 g/mol. The minimum absolute atomic E-state index is 0.0851. The van der Waals surface area contributed by atoms with Crippen LogP contribution in [0.25, 0.3) is 5.70 Å². The second-order valence-electron chi connectivity index (χ2n) is 7.79. The third-order valence-corrected chi connectivity index (χ3v) is 5.62. The number of nitrogens with zero attached hydrogens (tertiary/aromatic N) is 2. The number of carbonyl (C=O) groups is 1. The summed E-state index contributed by atoms with van der Waals surface area (Å²) in [5, 5.41) is 2.81. The molecule has 186 valence electrons. The van der Waals surface area contributed by atoms with Gasteiger partial charge in [-0.2, -0.15) is 0 Å². The van der Waals surface area contributed by atoms with E-state index in [1.807, 2.05) is 0 Å². The predicted molar refractivity (Wildman–Crippen MR) is 111 cm³/mol. The van der Waals surface area contributed by atoms with Crippen LogP contribution in [0.1, 0.15) is 17.5 Å². The van der Waals surface area contributed by atoms with Crippen LogP contribution in [0.2, 0.25) is 0 Å². The Bertz CT molecular complexity index is 1030. The molecule has 2 unspecified atom stereocenters. The number of benzene rings is 1. The molecule has 6 nitrogen and oxygen atoms in total. The van der Waals surface area contributed by atoms with E-state index in [4.69, 9.17) is 10.2 Å². The topological polar surface area (TPSA) is 74.7 Å². The van der Waals surface area contributed by atoms with Gasteiger partial charge < -0.3 is 25.3 Å². The van der Waals surface area contributed by atoms with Crippen LogP contribution < -0.4 is 11.1 Å². The van der Waals surface area contributed by atoms with Crippen LogP contribution in [0.15, 0.2) is 40.8 Å². The van der Waals surface area contributed by atoms with Gasteiger partial charge in [0.25, 0.3) is 6.43 Å². The number of fused-ring (bicyclic) bond motifs is 1. The minimum Gasteiger partial charge on any atom is -0.472 e. The van der Waals surface area contributed by atoms with Gasteiger partial charge in [0.05, 0.1) is 37.6 Å². The lowest BCUT2D eigenvalue weighted by atomic mass is 10.0. The molecule has 3 heterocycles. The summed E-state index contributed by atoms with van der Waals surface area (Å²) in [4.78, 5) is 15.8. The number of piperazine rings is 1. The quantitative estimate of drug-likeness (QED) is 0.481. The molecule has 1 aromatic heterocycles. The Morgan fingerprint density at radius 1 is 1.18 bits per heavy atom. The molecule has 2 aliphatic rings. The molecule has 1 fully saturated rings. The molecule has 2 aliphatic heterocycles. The number of rotatable bonds is 6. The maximum atomic E-state index is 13.9. The van der Waals surface area contributed by atoms with Gasteiger partial charge in [-0.15, -0.1) is 0 Å². The highest BCUT2D eigenvalue weighted by atomic mass is 19.3. The van der Waals surface area contributed by atoms with E-state index in [9.17, 15) is 31.1 Å². The number of furan rings is 1. The molecule has 2 aromatic rings. The summed E-state index contributed by atoms with van der Waals surface area (Å²) < 4.78 is 81.9. The van der Waals surface area contributed by atoms with Crippen LogP contribution in [0.4, 0.5) is 26.3 Å². The van der Waals surface area contributed by atoms with Crippen LogP contribution in [-0.2, 0) is 11.2 Å². The van der Waals surface area contributed by atoms with Gasteiger partial charge in [0.15, 0.2) is 17.8 Å². The van der Waals surface area contributed by atoms with Crippen molar-refractivity contribution < 1.29 is 35.6 Å². The molecule has 0 radical (unpaired) electrons. The Balaban J connectivity index is 0.00000158. The summed E-state index contributed by atoms with van der Waals surface area (Å²) in [6, 6.07) is 1.96. The zero-order chi connectivity index (χ0) is 25.0. The number of alkyl halides is 3. The van der Waals surface area contributed by atoms with Crippen molar-refractivity contribution >= 4 is 11.6 Å². The summed E-state index contributed by atoms with van der Waals surface area (Å²) in [6.07, 6.45) is -1.33. The van der Waals surface area contributed by atoms with Crippen molar-refractivity contribution in [3.8, 4) is 0 Å². The number of hydrogen-bond acceptors (Lipinski definition) is 5. The molecule has 1 aromatic carbocycles. The molecule has 0 aliphatic carbocycles. The standard InChI is InChI=1S/C21H21F5N4O2.CH3F/c22-14-8-16(24)15(23)6-12(14)5-13(27)7-18(31)29-2-3-30-17(9-29)19(11-1-4-32-10-11)28-21(30)20(25)26;1-2/h1,4,6,8,10,13,20-21,28H,2-3,5,7,9,27H2;1H3. The summed E-state index contributed by atoms with van der Waals surface area (Å²) in [5.74, 6) is -3.79. The molecule has 0 saturated carbocycles. The van der Waals surface area contributed by atoms with Crippen molar-refractivity contribution in [2.75, 3.05) is 26.8 Å². The van der Waals surface area contributed by atoms with Crippen molar-refractivity contribution in [2.45, 2.75) is 31.5 Å². The van der Waals surface area contributed by atoms with Crippen molar-refractivity contribution in [2.24, 2.45) is 5.73 Å². The van der Waals surface area contributed by atoms with Crippen molar-refractivity contribution in [3.05, 3.63) is 65.0 Å². The number of carbonyl (C=O) groups excluding carboxylic acids is 1. The lowest BCUT2D eigenvalue weighted by molar-refractivity contribution is -0.132. The van der Waals surface area contributed by atoms with Gasteiger partial charge in [0.1, 0.15) is 5.82 Å². The van der Waals surface area contributed by atoms with E-state index in [1.165, 1.54) is 22.3 Å². The van der Waals surface area contributed by atoms with Crippen LogP contribution in [0.5, 0.6) is 0 Å². The van der Waals surface area contributed by atoms with Gasteiger partial charge in [-0.05, 0) is 24.1 Å². The summed E-state index contributed by atoms with van der Waals surface area (Å²) >= 11 is 0. The highest BCUT2D eigenvalue weighted by Gasteiger charge is 2.41. The van der Waals surface area contributed by atoms with E-state index in [2.05, 4.69) is 5.32 Å². The summed E-state index contributed by atoms with van der Waals surface area (Å²) in [6.45, 7) is 0.484. The van der Waals surface area contributed by atoms with E-state index in [1.54, 1.807) is 6.07 Å². The Kier molecular flexibility index (Phi) is 8.13. The van der Waals surface area contributed by atoms with E-state index in [0.717, 1.165) is 6.07 Å². The molecule has 2 atom stereocenters. The SMILES string of the molecule is CF.NC(CC(=O)N1CCN2C(=C(c3ccoc3)NC2C(F)F)C1)Cc1cc(F)c(F)cc1F. The average molecular weight is 490 g/mol. The zero-order valence-electron chi connectivity index (χ0n) is 18.2. The van der Waals surface area contributed by atoms with Gasteiger partial charge in [-0.1, -0.05) is 0 Å². The molecule has 4 rings (SSSR count). The maximum Gasteiger partial charge on any atom is 0.276 e. The predicted octanol–water partition coefficient (Wildman–Crippen LogP) is 3.25. The second kappa shape index (κ2) is 10.9. The largest absolute Gasteiger partial charge is 0.472 e. The first-order chi connectivity index (χ1) is 16.2.